The highest BCUT2D eigenvalue weighted by molar-refractivity contribution is 5.86. The minimum absolute atomic E-state index is 0.0771. The second-order valence-corrected chi connectivity index (χ2v) is 7.18. The largest absolute Gasteiger partial charge is 0.481 e. The Balaban J connectivity index is 1.95. The van der Waals surface area contributed by atoms with Gasteiger partial charge in [0.1, 0.15) is 0 Å². The number of aromatic amines is 1. The van der Waals surface area contributed by atoms with Crippen molar-refractivity contribution in [3.05, 3.63) is 53.7 Å². The fraction of sp³-hybridized carbons (Fsp3) is 0.300. The zero-order chi connectivity index (χ0) is 17.3. The molecular weight excluding hydrogens is 300 g/mol. The molecule has 0 fully saturated rings. The molecule has 0 aliphatic rings. The van der Waals surface area contributed by atoms with Crippen molar-refractivity contribution in [1.29, 1.82) is 0 Å². The summed E-state index contributed by atoms with van der Waals surface area (Å²) in [6, 6.07) is 12.3. The van der Waals surface area contributed by atoms with E-state index in [4.69, 9.17) is 5.11 Å². The summed E-state index contributed by atoms with van der Waals surface area (Å²) >= 11 is 0. The number of carboxylic acid groups (broad SMARTS) is 1. The molecule has 0 bridgehead atoms. The summed E-state index contributed by atoms with van der Waals surface area (Å²) in [6.07, 6.45) is 2.54. The van der Waals surface area contributed by atoms with Crippen LogP contribution in [0.25, 0.3) is 22.3 Å². The minimum atomic E-state index is -0.770. The summed E-state index contributed by atoms with van der Waals surface area (Å²) < 4.78 is 0. The molecule has 2 aromatic heterocycles. The highest BCUT2D eigenvalue weighted by Gasteiger charge is 2.15. The summed E-state index contributed by atoms with van der Waals surface area (Å²) in [7, 11) is 0. The number of pyridine rings is 1. The molecule has 1 aromatic carbocycles. The third-order valence-electron chi connectivity index (χ3n) is 4.21. The maximum absolute atomic E-state index is 10.7. The molecular formula is C20H22N2O2. The molecule has 0 radical (unpaired) electrons. The molecule has 0 atom stereocenters. The summed E-state index contributed by atoms with van der Waals surface area (Å²) in [5.74, 6) is -0.770. The highest BCUT2D eigenvalue weighted by atomic mass is 16.4. The molecule has 0 saturated carbocycles. The standard InChI is InChI=1S/C20H22N2O2/c1-20(2,3)15-8-9-21-17(12-15)18-11-14-10-13(5-7-19(23)24)4-6-16(14)22-18/h4,6,8-12,22H,5,7H2,1-3H3,(H,23,24). The Hall–Kier alpha value is -2.62. The molecule has 0 unspecified atom stereocenters. The zero-order valence-corrected chi connectivity index (χ0v) is 14.3. The van der Waals surface area contributed by atoms with E-state index in [1.54, 1.807) is 0 Å². The van der Waals surface area contributed by atoms with Crippen LogP contribution in [0.1, 0.15) is 38.3 Å². The van der Waals surface area contributed by atoms with Crippen molar-refractivity contribution in [3.63, 3.8) is 0 Å². The summed E-state index contributed by atoms with van der Waals surface area (Å²) in [5.41, 5.74) is 5.29. The van der Waals surface area contributed by atoms with Crippen molar-refractivity contribution in [2.24, 2.45) is 0 Å². The third-order valence-corrected chi connectivity index (χ3v) is 4.21. The number of benzene rings is 1. The number of hydrogen-bond acceptors (Lipinski definition) is 2. The number of rotatable bonds is 4. The fourth-order valence-corrected chi connectivity index (χ4v) is 2.77. The van der Waals surface area contributed by atoms with Gasteiger partial charge >= 0.3 is 5.97 Å². The van der Waals surface area contributed by atoms with E-state index in [0.29, 0.717) is 6.42 Å². The second kappa shape index (κ2) is 6.11. The Morgan fingerprint density at radius 3 is 2.67 bits per heavy atom. The smallest absolute Gasteiger partial charge is 0.303 e. The van der Waals surface area contributed by atoms with Crippen LogP contribution in [0, 0.1) is 0 Å². The molecule has 0 aliphatic heterocycles. The lowest BCUT2D eigenvalue weighted by Crippen LogP contribution is -2.11. The molecule has 2 heterocycles. The number of H-pyrrole nitrogens is 1. The molecule has 0 amide bonds. The van der Waals surface area contributed by atoms with Crippen molar-refractivity contribution in [2.75, 3.05) is 0 Å². The predicted octanol–water partition coefficient (Wildman–Crippen LogP) is 4.54. The van der Waals surface area contributed by atoms with E-state index in [0.717, 1.165) is 27.9 Å². The van der Waals surface area contributed by atoms with Crippen LogP contribution in [-0.4, -0.2) is 21.0 Å². The maximum Gasteiger partial charge on any atom is 0.303 e. The number of carbonyl (C=O) groups is 1. The van der Waals surface area contributed by atoms with Gasteiger partial charge in [-0.1, -0.05) is 26.8 Å². The number of nitrogens with zero attached hydrogens (tertiary/aromatic N) is 1. The van der Waals surface area contributed by atoms with E-state index < -0.39 is 5.97 Å². The second-order valence-electron chi connectivity index (χ2n) is 7.18. The van der Waals surface area contributed by atoms with Crippen molar-refractivity contribution in [1.82, 2.24) is 9.97 Å². The molecule has 3 aromatic rings. The van der Waals surface area contributed by atoms with Crippen LogP contribution in [-0.2, 0) is 16.6 Å². The van der Waals surface area contributed by atoms with Gasteiger partial charge in [0.2, 0.25) is 0 Å². The topological polar surface area (TPSA) is 66.0 Å². The van der Waals surface area contributed by atoms with E-state index in [1.165, 1.54) is 5.56 Å². The van der Waals surface area contributed by atoms with Crippen LogP contribution in [0.4, 0.5) is 0 Å². The zero-order valence-electron chi connectivity index (χ0n) is 14.3. The molecule has 0 saturated heterocycles. The monoisotopic (exact) mass is 322 g/mol. The van der Waals surface area contributed by atoms with Crippen molar-refractivity contribution >= 4 is 16.9 Å². The quantitative estimate of drug-likeness (QED) is 0.741. The molecule has 0 spiro atoms. The lowest BCUT2D eigenvalue weighted by Gasteiger charge is -2.19. The first kappa shape index (κ1) is 16.2. The third kappa shape index (κ3) is 3.48. The summed E-state index contributed by atoms with van der Waals surface area (Å²) in [5, 5.41) is 9.90. The van der Waals surface area contributed by atoms with Gasteiger partial charge in [0.25, 0.3) is 0 Å². The fourth-order valence-electron chi connectivity index (χ4n) is 2.77. The molecule has 124 valence electrons. The van der Waals surface area contributed by atoms with Crippen LogP contribution in [0.5, 0.6) is 0 Å². The van der Waals surface area contributed by atoms with Gasteiger partial charge < -0.3 is 10.1 Å². The van der Waals surface area contributed by atoms with Gasteiger partial charge in [-0.3, -0.25) is 9.78 Å². The van der Waals surface area contributed by atoms with Gasteiger partial charge in [0.15, 0.2) is 0 Å². The van der Waals surface area contributed by atoms with Crippen molar-refractivity contribution in [3.8, 4) is 11.4 Å². The summed E-state index contributed by atoms with van der Waals surface area (Å²) in [6.45, 7) is 6.56. The molecule has 2 N–H and O–H groups in total. The molecule has 24 heavy (non-hydrogen) atoms. The van der Waals surface area contributed by atoms with Crippen LogP contribution >= 0.6 is 0 Å². The first-order valence-electron chi connectivity index (χ1n) is 8.13. The van der Waals surface area contributed by atoms with Crippen LogP contribution in [0.3, 0.4) is 0 Å². The average Bonchev–Trinajstić information content (AvgIpc) is 2.95. The van der Waals surface area contributed by atoms with Crippen LogP contribution in [0.15, 0.2) is 42.6 Å². The number of aromatic nitrogens is 2. The van der Waals surface area contributed by atoms with E-state index in [1.807, 2.05) is 24.4 Å². The van der Waals surface area contributed by atoms with E-state index >= 15 is 0 Å². The summed E-state index contributed by atoms with van der Waals surface area (Å²) in [4.78, 5) is 18.6. The Bertz CT molecular complexity index is 888. The van der Waals surface area contributed by atoms with Gasteiger partial charge in [0.05, 0.1) is 11.4 Å². The number of fused-ring (bicyclic) bond motifs is 1. The first-order valence-corrected chi connectivity index (χ1v) is 8.13. The molecule has 4 heteroatoms. The lowest BCUT2D eigenvalue weighted by molar-refractivity contribution is -0.136. The van der Waals surface area contributed by atoms with E-state index in [2.05, 4.69) is 48.9 Å². The number of hydrogen-bond donors (Lipinski definition) is 2. The highest BCUT2D eigenvalue weighted by Crippen LogP contribution is 2.28. The number of aliphatic carboxylic acids is 1. The Labute approximate surface area is 141 Å². The van der Waals surface area contributed by atoms with E-state index in [9.17, 15) is 4.79 Å². The lowest BCUT2D eigenvalue weighted by atomic mass is 9.87. The SMILES string of the molecule is CC(C)(C)c1ccnc(-c2cc3cc(CCC(=O)O)ccc3[nH]2)c1. The minimum Gasteiger partial charge on any atom is -0.481 e. The van der Waals surface area contributed by atoms with Gasteiger partial charge in [-0.2, -0.15) is 0 Å². The molecule has 0 aliphatic carbocycles. The number of carboxylic acids is 1. The Morgan fingerprint density at radius 1 is 1.17 bits per heavy atom. The predicted molar refractivity (Wildman–Crippen MR) is 96.2 cm³/mol. The first-order chi connectivity index (χ1) is 11.3. The average molecular weight is 322 g/mol. The van der Waals surface area contributed by atoms with Gasteiger partial charge in [0, 0.05) is 23.5 Å². The van der Waals surface area contributed by atoms with Gasteiger partial charge in [-0.25, -0.2) is 0 Å². The Kier molecular flexibility index (Phi) is 4.14. The Morgan fingerprint density at radius 2 is 1.96 bits per heavy atom. The van der Waals surface area contributed by atoms with Gasteiger partial charge in [-0.05, 0) is 53.3 Å². The molecule has 4 nitrogen and oxygen atoms in total. The van der Waals surface area contributed by atoms with E-state index in [-0.39, 0.29) is 11.8 Å². The van der Waals surface area contributed by atoms with Crippen LogP contribution in [0.2, 0.25) is 0 Å². The number of nitrogens with one attached hydrogen (secondary N) is 1. The van der Waals surface area contributed by atoms with Crippen LogP contribution < -0.4 is 0 Å². The molecule has 3 rings (SSSR count). The van der Waals surface area contributed by atoms with Crippen molar-refractivity contribution in [2.45, 2.75) is 39.0 Å². The maximum atomic E-state index is 10.7. The van der Waals surface area contributed by atoms with Crippen molar-refractivity contribution < 1.29 is 9.90 Å². The normalized spacial score (nSPS) is 11.8. The number of aryl methyl sites for hydroxylation is 1. The van der Waals surface area contributed by atoms with Gasteiger partial charge in [-0.15, -0.1) is 0 Å².